The zero-order chi connectivity index (χ0) is 22.2. The molecule has 3 aromatic carbocycles. The van der Waals surface area contributed by atoms with Crippen LogP contribution in [0.2, 0.25) is 0 Å². The second kappa shape index (κ2) is 11.5. The number of benzene rings is 3. The van der Waals surface area contributed by atoms with Gasteiger partial charge in [-0.05, 0) is 70.0 Å². The smallest absolute Gasteiger partial charge is 0.123 e. The highest BCUT2D eigenvalue weighted by atomic mass is 79.9. The van der Waals surface area contributed by atoms with Crippen molar-refractivity contribution in [3.63, 3.8) is 0 Å². The Balaban J connectivity index is 1.91. The van der Waals surface area contributed by atoms with Gasteiger partial charge in [0.1, 0.15) is 12.4 Å². The zero-order valence-electron chi connectivity index (χ0n) is 19.1. The van der Waals surface area contributed by atoms with Crippen molar-refractivity contribution in [2.75, 3.05) is 6.54 Å². The van der Waals surface area contributed by atoms with Crippen LogP contribution in [-0.2, 0) is 6.61 Å². The average molecular weight is 480 g/mol. The molecule has 3 heteroatoms. The number of halogens is 1. The van der Waals surface area contributed by atoms with E-state index < -0.39 is 0 Å². The number of hydrogen-bond acceptors (Lipinski definition) is 2. The van der Waals surface area contributed by atoms with Crippen LogP contribution < -0.4 is 4.74 Å². The van der Waals surface area contributed by atoms with Crippen LogP contribution >= 0.6 is 15.9 Å². The molecule has 1 atom stereocenters. The molecule has 0 saturated carbocycles. The van der Waals surface area contributed by atoms with Gasteiger partial charge < -0.3 is 4.74 Å². The van der Waals surface area contributed by atoms with Gasteiger partial charge in [0, 0.05) is 28.0 Å². The van der Waals surface area contributed by atoms with Crippen molar-refractivity contribution in [1.82, 2.24) is 4.90 Å². The van der Waals surface area contributed by atoms with Gasteiger partial charge in [0.25, 0.3) is 0 Å². The van der Waals surface area contributed by atoms with E-state index in [4.69, 9.17) is 4.74 Å². The van der Waals surface area contributed by atoms with E-state index >= 15 is 0 Å². The fraction of sp³-hybridized carbons (Fsp3) is 0.357. The van der Waals surface area contributed by atoms with Crippen molar-refractivity contribution < 1.29 is 4.74 Å². The minimum absolute atomic E-state index is 0.268. The van der Waals surface area contributed by atoms with Gasteiger partial charge in [0.05, 0.1) is 0 Å². The average Bonchev–Trinajstić information content (AvgIpc) is 2.76. The second-order valence-electron chi connectivity index (χ2n) is 8.63. The molecule has 0 aliphatic heterocycles. The Labute approximate surface area is 196 Å². The standard InChI is InChI=1S/C28H34BrNO/c1-21(2)30(22(3)4)18-17-26(24-13-9-6-10-14-24)27-19-25(29)15-16-28(27)31-20-23-11-7-5-8-12-23/h5-16,19,21-22,26H,17-18,20H2,1-4H3/t26-/m0/s1. The van der Waals surface area contributed by atoms with Crippen molar-refractivity contribution in [2.45, 2.75) is 58.7 Å². The van der Waals surface area contributed by atoms with E-state index in [0.717, 1.165) is 23.2 Å². The van der Waals surface area contributed by atoms with Crippen molar-refractivity contribution in [1.29, 1.82) is 0 Å². The highest BCUT2D eigenvalue weighted by molar-refractivity contribution is 9.10. The molecule has 0 amide bonds. The van der Waals surface area contributed by atoms with Gasteiger partial charge in [-0.15, -0.1) is 0 Å². The Morgan fingerprint density at radius 3 is 2.03 bits per heavy atom. The molecule has 2 nitrogen and oxygen atoms in total. The Morgan fingerprint density at radius 1 is 0.806 bits per heavy atom. The molecular weight excluding hydrogens is 446 g/mol. The van der Waals surface area contributed by atoms with Gasteiger partial charge >= 0.3 is 0 Å². The molecule has 0 aliphatic carbocycles. The van der Waals surface area contributed by atoms with E-state index in [1.807, 2.05) is 6.07 Å². The molecule has 3 aromatic rings. The van der Waals surface area contributed by atoms with Crippen LogP contribution in [0.15, 0.2) is 83.3 Å². The van der Waals surface area contributed by atoms with Crippen molar-refractivity contribution in [2.24, 2.45) is 0 Å². The zero-order valence-corrected chi connectivity index (χ0v) is 20.7. The number of nitrogens with zero attached hydrogens (tertiary/aromatic N) is 1. The van der Waals surface area contributed by atoms with E-state index in [1.54, 1.807) is 0 Å². The molecule has 0 spiro atoms. The van der Waals surface area contributed by atoms with Gasteiger partial charge in [-0.1, -0.05) is 76.6 Å². The molecule has 0 aromatic heterocycles. The molecule has 0 radical (unpaired) electrons. The molecular formula is C28H34BrNO. The topological polar surface area (TPSA) is 12.5 Å². The maximum Gasteiger partial charge on any atom is 0.123 e. The summed E-state index contributed by atoms with van der Waals surface area (Å²) in [5.74, 6) is 1.23. The molecule has 0 heterocycles. The second-order valence-corrected chi connectivity index (χ2v) is 9.55. The molecule has 0 bridgehead atoms. The summed E-state index contributed by atoms with van der Waals surface area (Å²) >= 11 is 3.69. The van der Waals surface area contributed by atoms with Crippen molar-refractivity contribution in [3.05, 3.63) is 100 Å². The van der Waals surface area contributed by atoms with E-state index in [2.05, 4.69) is 121 Å². The van der Waals surface area contributed by atoms with Crippen LogP contribution in [0.3, 0.4) is 0 Å². The first-order valence-corrected chi connectivity index (χ1v) is 12.0. The molecule has 31 heavy (non-hydrogen) atoms. The summed E-state index contributed by atoms with van der Waals surface area (Å²) in [6.45, 7) is 10.7. The monoisotopic (exact) mass is 479 g/mol. The number of ether oxygens (including phenoxy) is 1. The van der Waals surface area contributed by atoms with Crippen LogP contribution in [0.1, 0.15) is 56.7 Å². The minimum Gasteiger partial charge on any atom is -0.489 e. The third-order valence-corrected chi connectivity index (χ3v) is 6.28. The molecule has 0 fully saturated rings. The van der Waals surface area contributed by atoms with Crippen molar-refractivity contribution in [3.8, 4) is 5.75 Å². The van der Waals surface area contributed by atoms with E-state index in [0.29, 0.717) is 18.7 Å². The third kappa shape index (κ3) is 6.69. The lowest BCUT2D eigenvalue weighted by molar-refractivity contribution is 0.170. The maximum atomic E-state index is 6.35. The lowest BCUT2D eigenvalue weighted by Crippen LogP contribution is -2.38. The molecule has 0 saturated heterocycles. The Bertz CT molecular complexity index is 916. The first kappa shape index (κ1) is 23.6. The Hall–Kier alpha value is -2.10. The predicted octanol–water partition coefficient (Wildman–Crippen LogP) is 7.67. The summed E-state index contributed by atoms with van der Waals surface area (Å²) in [5, 5.41) is 0. The molecule has 3 rings (SSSR count). The third-order valence-electron chi connectivity index (χ3n) is 5.79. The first-order valence-electron chi connectivity index (χ1n) is 11.2. The van der Waals surface area contributed by atoms with E-state index in [1.165, 1.54) is 16.7 Å². The molecule has 164 valence electrons. The molecule has 0 N–H and O–H groups in total. The predicted molar refractivity (Wildman–Crippen MR) is 135 cm³/mol. The van der Waals surface area contributed by atoms with E-state index in [-0.39, 0.29) is 5.92 Å². The lowest BCUT2D eigenvalue weighted by atomic mass is 9.87. The minimum atomic E-state index is 0.268. The Morgan fingerprint density at radius 2 is 1.42 bits per heavy atom. The fourth-order valence-corrected chi connectivity index (χ4v) is 4.62. The number of rotatable bonds is 10. The van der Waals surface area contributed by atoms with Crippen molar-refractivity contribution >= 4 is 15.9 Å². The molecule has 0 unspecified atom stereocenters. The lowest BCUT2D eigenvalue weighted by Gasteiger charge is -2.32. The van der Waals surface area contributed by atoms with Gasteiger partial charge in [0.15, 0.2) is 0 Å². The number of hydrogen-bond donors (Lipinski definition) is 0. The van der Waals surface area contributed by atoms with Gasteiger partial charge in [-0.2, -0.15) is 0 Å². The normalized spacial score (nSPS) is 12.5. The van der Waals surface area contributed by atoms with Crippen LogP contribution in [0.5, 0.6) is 5.75 Å². The summed E-state index contributed by atoms with van der Waals surface area (Å²) in [4.78, 5) is 2.57. The van der Waals surface area contributed by atoms with Crippen LogP contribution in [0.25, 0.3) is 0 Å². The van der Waals surface area contributed by atoms with Gasteiger partial charge in [-0.3, -0.25) is 4.90 Å². The summed E-state index contributed by atoms with van der Waals surface area (Å²) in [6, 6.07) is 28.6. The largest absolute Gasteiger partial charge is 0.489 e. The summed E-state index contributed by atoms with van der Waals surface area (Å²) in [6.07, 6.45) is 1.04. The van der Waals surface area contributed by atoms with E-state index in [9.17, 15) is 0 Å². The molecule has 0 aliphatic rings. The van der Waals surface area contributed by atoms with Crippen LogP contribution in [0.4, 0.5) is 0 Å². The fourth-order valence-electron chi connectivity index (χ4n) is 4.24. The maximum absolute atomic E-state index is 6.35. The summed E-state index contributed by atoms with van der Waals surface area (Å²) in [7, 11) is 0. The van der Waals surface area contributed by atoms with Gasteiger partial charge in [0.2, 0.25) is 0 Å². The van der Waals surface area contributed by atoms with Crippen LogP contribution in [-0.4, -0.2) is 23.5 Å². The highest BCUT2D eigenvalue weighted by Crippen LogP contribution is 2.37. The van der Waals surface area contributed by atoms with Crippen LogP contribution in [0, 0.1) is 0 Å². The summed E-state index contributed by atoms with van der Waals surface area (Å²) in [5.41, 5.74) is 3.75. The van der Waals surface area contributed by atoms with Gasteiger partial charge in [-0.25, -0.2) is 0 Å². The summed E-state index contributed by atoms with van der Waals surface area (Å²) < 4.78 is 7.43. The first-order chi connectivity index (χ1) is 15.0. The SMILES string of the molecule is CC(C)N(CC[C@@H](c1ccccc1)c1cc(Br)ccc1OCc1ccccc1)C(C)C. The Kier molecular flexibility index (Phi) is 8.74. The highest BCUT2D eigenvalue weighted by Gasteiger charge is 2.22. The quantitative estimate of drug-likeness (QED) is 0.295.